The fourth-order valence-corrected chi connectivity index (χ4v) is 3.22. The molecule has 1 unspecified atom stereocenters. The van der Waals surface area contributed by atoms with E-state index in [4.69, 9.17) is 4.74 Å². The zero-order valence-electron chi connectivity index (χ0n) is 16.8. The molecule has 0 N–H and O–H groups in total. The Labute approximate surface area is 164 Å². The zero-order valence-corrected chi connectivity index (χ0v) is 16.8. The highest BCUT2D eigenvalue weighted by Crippen LogP contribution is 2.22. The number of nitrogens with zero attached hydrogens (tertiary/aromatic N) is 1. The molecule has 3 nitrogen and oxygen atoms in total. The van der Waals surface area contributed by atoms with Crippen LogP contribution >= 0.6 is 0 Å². The summed E-state index contributed by atoms with van der Waals surface area (Å²) >= 11 is 0. The summed E-state index contributed by atoms with van der Waals surface area (Å²) in [7, 11) is 0. The first-order valence-corrected chi connectivity index (χ1v) is 10.5. The molecule has 2 rings (SSSR count). The van der Waals surface area contributed by atoms with Crippen molar-refractivity contribution in [2.24, 2.45) is 0 Å². The van der Waals surface area contributed by atoms with E-state index >= 15 is 0 Å². The van der Waals surface area contributed by atoms with Crippen LogP contribution in [-0.2, 0) is 11.2 Å². The summed E-state index contributed by atoms with van der Waals surface area (Å²) in [5, 5.41) is 0. The Morgan fingerprint density at radius 1 is 0.926 bits per heavy atom. The van der Waals surface area contributed by atoms with Crippen molar-refractivity contribution in [1.29, 1.82) is 0 Å². The van der Waals surface area contributed by atoms with Crippen LogP contribution < -0.4 is 0 Å². The van der Waals surface area contributed by atoms with Gasteiger partial charge < -0.3 is 4.74 Å². The van der Waals surface area contributed by atoms with Gasteiger partial charge in [0.25, 0.3) is 0 Å². The Bertz CT molecular complexity index is 652. The van der Waals surface area contributed by atoms with E-state index in [9.17, 15) is 4.79 Å². The van der Waals surface area contributed by atoms with Crippen LogP contribution in [0.3, 0.4) is 0 Å². The standard InChI is InChI=1S/C24H33NO2/c1-3-5-6-7-8-9-11-14-20-17-18-22(25-19-20)24(26)27-23(4-2)21-15-12-10-13-16-21/h10,12-13,15-19,23H,3-9,11,14H2,1-2H3. The first-order chi connectivity index (χ1) is 13.2. The van der Waals surface area contributed by atoms with Gasteiger partial charge in [-0.05, 0) is 36.5 Å². The maximum atomic E-state index is 12.4. The number of carbonyl (C=O) groups excluding carboxylic acids is 1. The number of rotatable bonds is 12. The maximum Gasteiger partial charge on any atom is 0.357 e. The molecular formula is C24H33NO2. The van der Waals surface area contributed by atoms with E-state index < -0.39 is 0 Å². The molecule has 146 valence electrons. The Balaban J connectivity index is 1.77. The average Bonchev–Trinajstić information content (AvgIpc) is 2.72. The quantitative estimate of drug-likeness (QED) is 0.310. The summed E-state index contributed by atoms with van der Waals surface area (Å²) in [6.07, 6.45) is 12.5. The highest BCUT2D eigenvalue weighted by atomic mass is 16.5. The third-order valence-corrected chi connectivity index (χ3v) is 4.89. The summed E-state index contributed by atoms with van der Waals surface area (Å²) in [6, 6.07) is 13.6. The predicted molar refractivity (Wildman–Crippen MR) is 111 cm³/mol. The molecular weight excluding hydrogens is 334 g/mol. The first kappa shape index (κ1) is 21.1. The lowest BCUT2D eigenvalue weighted by Crippen LogP contribution is -2.12. The van der Waals surface area contributed by atoms with Crippen molar-refractivity contribution in [3.63, 3.8) is 0 Å². The van der Waals surface area contributed by atoms with Crippen LogP contribution in [0.1, 0.15) is 92.9 Å². The highest BCUT2D eigenvalue weighted by Gasteiger charge is 2.17. The highest BCUT2D eigenvalue weighted by molar-refractivity contribution is 5.87. The Morgan fingerprint density at radius 2 is 1.63 bits per heavy atom. The van der Waals surface area contributed by atoms with Gasteiger partial charge in [-0.2, -0.15) is 0 Å². The first-order valence-electron chi connectivity index (χ1n) is 10.5. The van der Waals surface area contributed by atoms with Crippen LogP contribution in [0.5, 0.6) is 0 Å². The molecule has 27 heavy (non-hydrogen) atoms. The molecule has 1 atom stereocenters. The number of hydrogen-bond donors (Lipinski definition) is 0. The molecule has 1 aromatic heterocycles. The third kappa shape index (κ3) is 7.54. The average molecular weight is 368 g/mol. The van der Waals surface area contributed by atoms with E-state index in [0.717, 1.165) is 18.4 Å². The molecule has 1 aromatic carbocycles. The van der Waals surface area contributed by atoms with E-state index in [0.29, 0.717) is 5.69 Å². The van der Waals surface area contributed by atoms with Gasteiger partial charge in [-0.25, -0.2) is 9.78 Å². The maximum absolute atomic E-state index is 12.4. The van der Waals surface area contributed by atoms with Gasteiger partial charge in [0.05, 0.1) is 0 Å². The lowest BCUT2D eigenvalue weighted by atomic mass is 10.1. The second-order valence-electron chi connectivity index (χ2n) is 7.14. The molecule has 0 radical (unpaired) electrons. The number of unbranched alkanes of at least 4 members (excludes halogenated alkanes) is 6. The van der Waals surface area contributed by atoms with E-state index in [1.807, 2.05) is 49.5 Å². The topological polar surface area (TPSA) is 39.2 Å². The minimum atomic E-state index is -0.354. The summed E-state index contributed by atoms with van der Waals surface area (Å²) < 4.78 is 5.66. The van der Waals surface area contributed by atoms with Crippen LogP contribution in [0.2, 0.25) is 0 Å². The molecule has 0 aliphatic carbocycles. The molecule has 0 amide bonds. The molecule has 0 saturated carbocycles. The van der Waals surface area contributed by atoms with Crippen LogP contribution in [0.4, 0.5) is 0 Å². The Kier molecular flexibility index (Phi) is 9.61. The largest absolute Gasteiger partial charge is 0.453 e. The molecule has 0 aliphatic rings. The smallest absolute Gasteiger partial charge is 0.357 e. The summed E-state index contributed by atoms with van der Waals surface area (Å²) in [6.45, 7) is 4.26. The van der Waals surface area contributed by atoms with E-state index in [-0.39, 0.29) is 12.1 Å². The van der Waals surface area contributed by atoms with Crippen LogP contribution in [-0.4, -0.2) is 11.0 Å². The molecule has 0 spiro atoms. The SMILES string of the molecule is CCCCCCCCCc1ccc(C(=O)OC(CC)c2ccccc2)nc1. The number of hydrogen-bond acceptors (Lipinski definition) is 3. The minimum absolute atomic E-state index is 0.229. The number of aryl methyl sites for hydroxylation is 1. The summed E-state index contributed by atoms with van der Waals surface area (Å²) in [5.74, 6) is -0.354. The van der Waals surface area contributed by atoms with E-state index in [2.05, 4.69) is 11.9 Å². The molecule has 0 fully saturated rings. The fourth-order valence-electron chi connectivity index (χ4n) is 3.22. The van der Waals surface area contributed by atoms with Crippen molar-refractivity contribution >= 4 is 5.97 Å². The van der Waals surface area contributed by atoms with Gasteiger partial charge in [-0.15, -0.1) is 0 Å². The van der Waals surface area contributed by atoms with Crippen molar-refractivity contribution in [2.75, 3.05) is 0 Å². The molecule has 3 heteroatoms. The van der Waals surface area contributed by atoms with E-state index in [1.54, 1.807) is 6.07 Å². The van der Waals surface area contributed by atoms with Crippen molar-refractivity contribution in [1.82, 2.24) is 4.98 Å². The molecule has 2 aromatic rings. The van der Waals surface area contributed by atoms with Crippen LogP contribution in [0, 0.1) is 0 Å². The minimum Gasteiger partial charge on any atom is -0.453 e. The van der Waals surface area contributed by atoms with Gasteiger partial charge in [-0.1, -0.05) is 88.8 Å². The van der Waals surface area contributed by atoms with Gasteiger partial charge in [-0.3, -0.25) is 0 Å². The third-order valence-electron chi connectivity index (χ3n) is 4.89. The summed E-state index contributed by atoms with van der Waals surface area (Å²) in [5.41, 5.74) is 2.59. The van der Waals surface area contributed by atoms with Crippen LogP contribution in [0.15, 0.2) is 48.7 Å². The van der Waals surface area contributed by atoms with Crippen molar-refractivity contribution in [3.8, 4) is 0 Å². The van der Waals surface area contributed by atoms with Gasteiger partial charge in [0, 0.05) is 6.20 Å². The van der Waals surface area contributed by atoms with Crippen LogP contribution in [0.25, 0.3) is 0 Å². The molecule has 1 heterocycles. The molecule has 0 bridgehead atoms. The number of pyridine rings is 1. The second-order valence-corrected chi connectivity index (χ2v) is 7.14. The normalized spacial score (nSPS) is 11.9. The lowest BCUT2D eigenvalue weighted by Gasteiger charge is -2.16. The van der Waals surface area contributed by atoms with Crippen molar-refractivity contribution < 1.29 is 9.53 Å². The molecule has 0 saturated heterocycles. The lowest BCUT2D eigenvalue weighted by molar-refractivity contribution is 0.0281. The zero-order chi connectivity index (χ0) is 19.3. The predicted octanol–water partition coefficient (Wildman–Crippen LogP) is 6.68. The number of benzene rings is 1. The van der Waals surface area contributed by atoms with Crippen molar-refractivity contribution in [2.45, 2.75) is 77.7 Å². The monoisotopic (exact) mass is 367 g/mol. The Hall–Kier alpha value is -2.16. The number of carbonyl (C=O) groups is 1. The second kappa shape index (κ2) is 12.3. The molecule has 0 aliphatic heterocycles. The van der Waals surface area contributed by atoms with Gasteiger partial charge >= 0.3 is 5.97 Å². The number of esters is 1. The number of ether oxygens (including phenoxy) is 1. The fraction of sp³-hybridized carbons (Fsp3) is 0.500. The van der Waals surface area contributed by atoms with Gasteiger partial charge in [0.1, 0.15) is 11.8 Å². The van der Waals surface area contributed by atoms with Gasteiger partial charge in [0.15, 0.2) is 0 Å². The van der Waals surface area contributed by atoms with Crippen molar-refractivity contribution in [3.05, 3.63) is 65.5 Å². The summed E-state index contributed by atoms with van der Waals surface area (Å²) in [4.78, 5) is 16.7. The number of aromatic nitrogens is 1. The van der Waals surface area contributed by atoms with E-state index in [1.165, 1.54) is 50.5 Å². The Morgan fingerprint density at radius 3 is 2.26 bits per heavy atom. The van der Waals surface area contributed by atoms with Gasteiger partial charge in [0.2, 0.25) is 0 Å².